The molecule has 0 saturated heterocycles. The Bertz CT molecular complexity index is 847. The maximum atomic E-state index is 12.4. The van der Waals surface area contributed by atoms with Crippen molar-refractivity contribution in [1.29, 1.82) is 0 Å². The molecule has 0 aromatic heterocycles. The molecule has 0 aliphatic carbocycles. The molecule has 0 unspecified atom stereocenters. The van der Waals surface area contributed by atoms with Gasteiger partial charge in [-0.15, -0.1) is 0 Å². The van der Waals surface area contributed by atoms with E-state index in [1.165, 1.54) is 18.1 Å². The van der Waals surface area contributed by atoms with Crippen molar-refractivity contribution >= 4 is 11.7 Å². The summed E-state index contributed by atoms with van der Waals surface area (Å²) in [6.07, 6.45) is 0.811. The number of benzene rings is 3. The van der Waals surface area contributed by atoms with Crippen LogP contribution in [0.4, 0.5) is 0 Å². The molecule has 0 aliphatic heterocycles. The third kappa shape index (κ3) is 4.91. The lowest BCUT2D eigenvalue weighted by Gasteiger charge is -2.18. The first-order valence-electron chi connectivity index (χ1n) is 9.14. The first-order chi connectivity index (χ1) is 13.1. The van der Waals surface area contributed by atoms with E-state index in [0.717, 1.165) is 6.42 Å². The maximum absolute atomic E-state index is 12.4. The molecule has 3 rings (SSSR count). The molecule has 0 radical (unpaired) electrons. The predicted molar refractivity (Wildman–Crippen MR) is 108 cm³/mol. The zero-order valence-electron chi connectivity index (χ0n) is 15.4. The van der Waals surface area contributed by atoms with E-state index in [9.17, 15) is 9.59 Å². The summed E-state index contributed by atoms with van der Waals surface area (Å²) >= 11 is 0. The van der Waals surface area contributed by atoms with Gasteiger partial charge < -0.3 is 5.32 Å². The van der Waals surface area contributed by atoms with Crippen molar-refractivity contribution in [2.45, 2.75) is 19.3 Å². The fraction of sp³-hybridized carbons (Fsp3) is 0.167. The first-order valence-corrected chi connectivity index (χ1v) is 9.14. The lowest BCUT2D eigenvalue weighted by molar-refractivity contribution is 0.0950. The van der Waals surface area contributed by atoms with Gasteiger partial charge in [-0.2, -0.15) is 0 Å². The molecule has 3 nitrogen and oxygen atoms in total. The van der Waals surface area contributed by atoms with Crippen molar-refractivity contribution in [3.63, 3.8) is 0 Å². The van der Waals surface area contributed by atoms with Crippen LogP contribution in [0.2, 0.25) is 0 Å². The van der Waals surface area contributed by atoms with Crippen LogP contribution in [0, 0.1) is 0 Å². The fourth-order valence-electron chi connectivity index (χ4n) is 3.18. The summed E-state index contributed by atoms with van der Waals surface area (Å²) in [5.74, 6) is 0.105. The second-order valence-electron chi connectivity index (χ2n) is 6.55. The highest BCUT2D eigenvalue weighted by Crippen LogP contribution is 2.27. The molecule has 0 heterocycles. The highest BCUT2D eigenvalue weighted by atomic mass is 16.1. The third-order valence-corrected chi connectivity index (χ3v) is 4.68. The number of amides is 1. The van der Waals surface area contributed by atoms with Crippen LogP contribution in [-0.4, -0.2) is 18.2 Å². The summed E-state index contributed by atoms with van der Waals surface area (Å²) in [4.78, 5) is 23.7. The second kappa shape index (κ2) is 8.95. The minimum absolute atomic E-state index is 0.00415. The van der Waals surface area contributed by atoms with Gasteiger partial charge in [0.25, 0.3) is 5.91 Å². The summed E-state index contributed by atoms with van der Waals surface area (Å²) in [6.45, 7) is 2.09. The fourth-order valence-corrected chi connectivity index (χ4v) is 3.18. The molecular formula is C24H23NO2. The number of nitrogens with one attached hydrogen (secondary N) is 1. The van der Waals surface area contributed by atoms with Crippen LogP contribution in [0.15, 0.2) is 84.9 Å². The Morgan fingerprint density at radius 1 is 0.741 bits per heavy atom. The number of hydrogen-bond donors (Lipinski definition) is 1. The summed E-state index contributed by atoms with van der Waals surface area (Å²) in [5, 5.41) is 2.99. The molecule has 136 valence electrons. The Balaban J connectivity index is 1.65. The minimum Gasteiger partial charge on any atom is -0.352 e. The van der Waals surface area contributed by atoms with Crippen molar-refractivity contribution in [2.75, 3.05) is 6.54 Å². The van der Waals surface area contributed by atoms with E-state index >= 15 is 0 Å². The standard InChI is InChI=1S/C24H23NO2/c1-18(26)19-12-14-22(15-13-19)24(27)25-17-16-23(20-8-4-2-5-9-20)21-10-6-3-7-11-21/h2-15,23H,16-17H2,1H3,(H,25,27). The molecule has 27 heavy (non-hydrogen) atoms. The molecule has 3 aromatic carbocycles. The molecule has 0 fully saturated rings. The van der Waals surface area contributed by atoms with E-state index in [2.05, 4.69) is 29.6 Å². The first kappa shape index (κ1) is 18.6. The van der Waals surface area contributed by atoms with Crippen molar-refractivity contribution in [2.24, 2.45) is 0 Å². The highest BCUT2D eigenvalue weighted by molar-refractivity contribution is 5.97. The second-order valence-corrected chi connectivity index (χ2v) is 6.55. The molecular weight excluding hydrogens is 334 g/mol. The van der Waals surface area contributed by atoms with Crippen LogP contribution in [0.25, 0.3) is 0 Å². The SMILES string of the molecule is CC(=O)c1ccc(C(=O)NCCC(c2ccccc2)c2ccccc2)cc1. The number of hydrogen-bond acceptors (Lipinski definition) is 2. The monoisotopic (exact) mass is 357 g/mol. The average molecular weight is 357 g/mol. The number of carbonyl (C=O) groups excluding carboxylic acids is 2. The van der Waals surface area contributed by atoms with Gasteiger partial charge in [0.05, 0.1) is 0 Å². The predicted octanol–water partition coefficient (Wildman–Crippen LogP) is 4.84. The molecule has 1 amide bonds. The van der Waals surface area contributed by atoms with E-state index in [-0.39, 0.29) is 17.6 Å². The van der Waals surface area contributed by atoms with E-state index in [1.807, 2.05) is 36.4 Å². The largest absolute Gasteiger partial charge is 0.352 e. The lowest BCUT2D eigenvalue weighted by Crippen LogP contribution is -2.25. The molecule has 0 atom stereocenters. The van der Waals surface area contributed by atoms with Crippen molar-refractivity contribution in [1.82, 2.24) is 5.32 Å². The minimum atomic E-state index is -0.120. The molecule has 3 heteroatoms. The van der Waals surface area contributed by atoms with Crippen LogP contribution in [0.1, 0.15) is 51.1 Å². The molecule has 0 aliphatic rings. The van der Waals surface area contributed by atoms with Gasteiger partial charge >= 0.3 is 0 Å². The van der Waals surface area contributed by atoms with Gasteiger partial charge in [0.15, 0.2) is 5.78 Å². The van der Waals surface area contributed by atoms with Crippen LogP contribution < -0.4 is 5.32 Å². The quantitative estimate of drug-likeness (QED) is 0.615. The van der Waals surface area contributed by atoms with Gasteiger partial charge in [-0.25, -0.2) is 0 Å². The Hall–Kier alpha value is -3.20. The van der Waals surface area contributed by atoms with Gasteiger partial charge in [-0.05, 0) is 36.6 Å². The number of Topliss-reactive ketones (excluding diaryl/α,β-unsaturated/α-hetero) is 1. The molecule has 0 spiro atoms. The van der Waals surface area contributed by atoms with Gasteiger partial charge in [0.2, 0.25) is 0 Å². The number of ketones is 1. The Morgan fingerprint density at radius 3 is 1.70 bits per heavy atom. The smallest absolute Gasteiger partial charge is 0.251 e. The Morgan fingerprint density at radius 2 is 1.22 bits per heavy atom. The van der Waals surface area contributed by atoms with Crippen LogP contribution >= 0.6 is 0 Å². The maximum Gasteiger partial charge on any atom is 0.251 e. The summed E-state index contributed by atoms with van der Waals surface area (Å²) < 4.78 is 0. The Labute approximate surface area is 160 Å². The van der Waals surface area contributed by atoms with Crippen LogP contribution in [0.5, 0.6) is 0 Å². The van der Waals surface area contributed by atoms with E-state index in [0.29, 0.717) is 17.7 Å². The topological polar surface area (TPSA) is 46.2 Å². The zero-order chi connectivity index (χ0) is 19.1. The third-order valence-electron chi connectivity index (χ3n) is 4.68. The average Bonchev–Trinajstić information content (AvgIpc) is 2.72. The van der Waals surface area contributed by atoms with Crippen LogP contribution in [-0.2, 0) is 0 Å². The number of rotatable bonds is 7. The zero-order valence-corrected chi connectivity index (χ0v) is 15.4. The molecule has 3 aromatic rings. The van der Waals surface area contributed by atoms with Gasteiger partial charge in [0, 0.05) is 23.6 Å². The van der Waals surface area contributed by atoms with Gasteiger partial charge in [0.1, 0.15) is 0 Å². The molecule has 0 saturated carbocycles. The Kier molecular flexibility index (Phi) is 6.16. The molecule has 0 bridgehead atoms. The van der Waals surface area contributed by atoms with Crippen molar-refractivity contribution in [3.05, 3.63) is 107 Å². The lowest BCUT2D eigenvalue weighted by atomic mass is 9.88. The normalized spacial score (nSPS) is 10.6. The summed E-state index contributed by atoms with van der Waals surface area (Å²) in [6, 6.07) is 27.5. The summed E-state index contributed by atoms with van der Waals surface area (Å²) in [7, 11) is 0. The van der Waals surface area contributed by atoms with Crippen molar-refractivity contribution < 1.29 is 9.59 Å². The summed E-state index contributed by atoms with van der Waals surface area (Å²) in [5.41, 5.74) is 3.66. The number of carbonyl (C=O) groups is 2. The molecule has 1 N–H and O–H groups in total. The van der Waals surface area contributed by atoms with Crippen molar-refractivity contribution in [3.8, 4) is 0 Å². The van der Waals surface area contributed by atoms with Gasteiger partial charge in [-0.1, -0.05) is 72.8 Å². The highest BCUT2D eigenvalue weighted by Gasteiger charge is 2.14. The van der Waals surface area contributed by atoms with Gasteiger partial charge in [-0.3, -0.25) is 9.59 Å². The van der Waals surface area contributed by atoms with Crippen LogP contribution in [0.3, 0.4) is 0 Å². The van der Waals surface area contributed by atoms with E-state index < -0.39 is 0 Å². The van der Waals surface area contributed by atoms with E-state index in [1.54, 1.807) is 24.3 Å². The van der Waals surface area contributed by atoms with E-state index in [4.69, 9.17) is 0 Å².